The quantitative estimate of drug-likeness (QED) is 0.171. The lowest BCUT2D eigenvalue weighted by molar-refractivity contribution is -0.218. The van der Waals surface area contributed by atoms with Gasteiger partial charge in [0.25, 0.3) is 0 Å². The van der Waals surface area contributed by atoms with Gasteiger partial charge in [-0.3, -0.25) is 9.59 Å². The maximum atomic E-state index is 13.1. The molecular formula is C25H45ClN2O6S. The van der Waals surface area contributed by atoms with Crippen LogP contribution in [-0.4, -0.2) is 82.2 Å². The van der Waals surface area contributed by atoms with Gasteiger partial charge in [0.05, 0.1) is 17.5 Å². The van der Waals surface area contributed by atoms with Crippen LogP contribution in [0.3, 0.4) is 0 Å². The maximum absolute atomic E-state index is 13.1. The first kappa shape index (κ1) is 30.6. The molecule has 2 heterocycles. The summed E-state index contributed by atoms with van der Waals surface area (Å²) in [5.41, 5.74) is -0.700. The highest BCUT2D eigenvalue weighted by Gasteiger charge is 2.50. The van der Waals surface area contributed by atoms with E-state index in [1.165, 1.54) is 11.8 Å². The van der Waals surface area contributed by atoms with Crippen LogP contribution in [0.4, 0.5) is 0 Å². The number of unbranched alkanes of at least 4 members (excludes halogenated alkanes) is 2. The van der Waals surface area contributed by atoms with Crippen LogP contribution in [0.2, 0.25) is 0 Å². The highest BCUT2D eigenvalue weighted by atomic mass is 35.5. The van der Waals surface area contributed by atoms with Gasteiger partial charge in [0.2, 0.25) is 5.91 Å². The highest BCUT2D eigenvalue weighted by molar-refractivity contribution is 7.99. The molecule has 0 bridgehead atoms. The molecule has 0 aromatic carbocycles. The molecule has 0 radical (unpaired) electrons. The van der Waals surface area contributed by atoms with Crippen molar-refractivity contribution in [2.45, 2.75) is 126 Å². The zero-order valence-corrected chi connectivity index (χ0v) is 23.2. The molecule has 204 valence electrons. The Morgan fingerprint density at radius 1 is 1.17 bits per heavy atom. The number of halogens is 1. The van der Waals surface area contributed by atoms with Crippen molar-refractivity contribution in [3.8, 4) is 0 Å². The molecule has 9 atom stereocenters. The summed E-state index contributed by atoms with van der Waals surface area (Å²) in [7, 11) is 0. The Morgan fingerprint density at radius 3 is 2.54 bits per heavy atom. The molecular weight excluding hydrogens is 492 g/mol. The van der Waals surface area contributed by atoms with E-state index in [0.29, 0.717) is 12.3 Å². The lowest BCUT2D eigenvalue weighted by Crippen LogP contribution is -2.65. The van der Waals surface area contributed by atoms with Crippen LogP contribution in [-0.2, 0) is 19.1 Å². The standard InChI is InChI=1S/C25H45ClN2O6S/c1-5-7-8-10-18(29)33-23-21(31)20(30)22(34-25(23)35-4)19(15(3)26)28-24(32)17-12-11-16(9-6-2)13-14-27-17/h15-17,19-23,25,27,30-31H,5-14H2,1-4H3,(H,28,32). The van der Waals surface area contributed by atoms with Crippen molar-refractivity contribution in [3.05, 3.63) is 0 Å². The second-order valence-electron chi connectivity index (χ2n) is 9.84. The molecule has 0 spiro atoms. The number of carbonyl (C=O) groups is 2. The Kier molecular flexibility index (Phi) is 13.7. The summed E-state index contributed by atoms with van der Waals surface area (Å²) >= 11 is 7.73. The van der Waals surface area contributed by atoms with Crippen molar-refractivity contribution < 1.29 is 29.3 Å². The molecule has 0 aromatic rings. The predicted octanol–water partition coefficient (Wildman–Crippen LogP) is 2.96. The number of aliphatic hydroxyl groups is 2. The minimum absolute atomic E-state index is 0.185. The van der Waals surface area contributed by atoms with Crippen molar-refractivity contribution in [3.63, 3.8) is 0 Å². The van der Waals surface area contributed by atoms with Gasteiger partial charge < -0.3 is 30.3 Å². The van der Waals surface area contributed by atoms with Gasteiger partial charge in [-0.1, -0.05) is 39.5 Å². The Bertz CT molecular complexity index is 655. The van der Waals surface area contributed by atoms with Crippen molar-refractivity contribution in [2.24, 2.45) is 5.92 Å². The number of ether oxygens (including phenoxy) is 2. The van der Waals surface area contributed by atoms with Crippen molar-refractivity contribution >= 4 is 35.2 Å². The minimum Gasteiger partial charge on any atom is -0.456 e. The lowest BCUT2D eigenvalue weighted by Gasteiger charge is -2.45. The summed E-state index contributed by atoms with van der Waals surface area (Å²) < 4.78 is 11.6. The third-order valence-corrected chi connectivity index (χ3v) is 8.16. The van der Waals surface area contributed by atoms with Crippen molar-refractivity contribution in [1.29, 1.82) is 0 Å². The summed E-state index contributed by atoms with van der Waals surface area (Å²) in [6.07, 6.45) is 5.02. The molecule has 35 heavy (non-hydrogen) atoms. The lowest BCUT2D eigenvalue weighted by atomic mass is 9.92. The first-order chi connectivity index (χ1) is 16.7. The van der Waals surface area contributed by atoms with Crippen LogP contribution in [0.1, 0.15) is 78.6 Å². The number of carbonyl (C=O) groups excluding carboxylic acids is 2. The topological polar surface area (TPSA) is 117 Å². The Labute approximate surface area is 219 Å². The molecule has 10 heteroatoms. The number of aliphatic hydroxyl groups excluding tert-OH is 2. The van der Waals surface area contributed by atoms with E-state index in [2.05, 4.69) is 17.6 Å². The van der Waals surface area contributed by atoms with Crippen LogP contribution in [0.5, 0.6) is 0 Å². The number of hydrogen-bond acceptors (Lipinski definition) is 8. The van der Waals surface area contributed by atoms with Crippen molar-refractivity contribution in [1.82, 2.24) is 10.6 Å². The first-order valence-corrected chi connectivity index (χ1v) is 14.9. The Balaban J connectivity index is 2.05. The molecule has 2 rings (SSSR count). The Morgan fingerprint density at radius 2 is 1.91 bits per heavy atom. The molecule has 0 saturated carbocycles. The fraction of sp³-hybridized carbons (Fsp3) is 0.920. The fourth-order valence-corrected chi connectivity index (χ4v) is 5.89. The number of hydrogen-bond donors (Lipinski definition) is 4. The smallest absolute Gasteiger partial charge is 0.306 e. The molecule has 0 aromatic heterocycles. The number of amides is 1. The minimum atomic E-state index is -1.38. The van der Waals surface area contributed by atoms with E-state index in [1.54, 1.807) is 13.2 Å². The molecule has 2 aliphatic heterocycles. The second kappa shape index (κ2) is 15.6. The normalized spacial score (nSPS) is 33.4. The van der Waals surface area contributed by atoms with E-state index in [0.717, 1.165) is 51.5 Å². The van der Waals surface area contributed by atoms with E-state index in [9.17, 15) is 19.8 Å². The molecule has 2 fully saturated rings. The maximum Gasteiger partial charge on any atom is 0.306 e. The number of thioether (sulfide) groups is 1. The summed E-state index contributed by atoms with van der Waals surface area (Å²) in [4.78, 5) is 25.4. The molecule has 8 nitrogen and oxygen atoms in total. The van der Waals surface area contributed by atoms with E-state index in [1.807, 2.05) is 6.92 Å². The van der Waals surface area contributed by atoms with E-state index >= 15 is 0 Å². The molecule has 2 saturated heterocycles. The van der Waals surface area contributed by atoms with E-state index in [4.69, 9.17) is 21.1 Å². The number of esters is 1. The van der Waals surface area contributed by atoms with Gasteiger partial charge in [0.15, 0.2) is 6.10 Å². The third-order valence-electron chi connectivity index (χ3n) is 7.04. The van der Waals surface area contributed by atoms with Gasteiger partial charge in [-0.15, -0.1) is 23.4 Å². The third kappa shape index (κ3) is 9.04. The Hall–Kier alpha value is -0.580. The van der Waals surface area contributed by atoms with Gasteiger partial charge >= 0.3 is 5.97 Å². The zero-order valence-electron chi connectivity index (χ0n) is 21.6. The molecule has 2 aliphatic rings. The zero-order chi connectivity index (χ0) is 26.0. The second-order valence-corrected chi connectivity index (χ2v) is 11.5. The summed E-state index contributed by atoms with van der Waals surface area (Å²) in [5, 5.41) is 27.5. The van der Waals surface area contributed by atoms with Crippen LogP contribution < -0.4 is 10.6 Å². The van der Waals surface area contributed by atoms with Crippen LogP contribution >= 0.6 is 23.4 Å². The molecule has 1 amide bonds. The predicted molar refractivity (Wildman–Crippen MR) is 139 cm³/mol. The molecule has 0 aliphatic carbocycles. The van der Waals surface area contributed by atoms with Gasteiger partial charge in [-0.2, -0.15) is 0 Å². The highest BCUT2D eigenvalue weighted by Crippen LogP contribution is 2.32. The largest absolute Gasteiger partial charge is 0.456 e. The van der Waals surface area contributed by atoms with E-state index < -0.39 is 47.2 Å². The van der Waals surface area contributed by atoms with E-state index in [-0.39, 0.29) is 18.4 Å². The van der Waals surface area contributed by atoms with Crippen molar-refractivity contribution in [2.75, 3.05) is 12.8 Å². The SMILES string of the molecule is CCCCCC(=O)OC1C(SC)OC(C(NC(=O)C2CCC(CCC)CCN2)C(C)Cl)C(O)C1O. The molecule has 4 N–H and O–H groups in total. The number of nitrogens with one attached hydrogen (secondary N) is 2. The average Bonchev–Trinajstić information content (AvgIpc) is 3.07. The van der Waals surface area contributed by atoms with Gasteiger partial charge in [0.1, 0.15) is 23.7 Å². The van der Waals surface area contributed by atoms with Gasteiger partial charge in [-0.05, 0) is 51.3 Å². The van der Waals surface area contributed by atoms with Crippen LogP contribution in [0, 0.1) is 5.92 Å². The summed E-state index contributed by atoms with van der Waals surface area (Å²) in [5.74, 6) is 0.0120. The number of alkyl halides is 1. The average molecular weight is 537 g/mol. The monoisotopic (exact) mass is 536 g/mol. The number of rotatable bonds is 12. The molecule has 9 unspecified atom stereocenters. The fourth-order valence-electron chi connectivity index (χ4n) is 4.96. The van der Waals surface area contributed by atoms with Gasteiger partial charge in [-0.25, -0.2) is 0 Å². The summed E-state index contributed by atoms with van der Waals surface area (Å²) in [6.45, 7) is 6.73. The van der Waals surface area contributed by atoms with Crippen LogP contribution in [0.25, 0.3) is 0 Å². The first-order valence-electron chi connectivity index (χ1n) is 13.1. The van der Waals surface area contributed by atoms with Gasteiger partial charge in [0, 0.05) is 6.42 Å². The van der Waals surface area contributed by atoms with Crippen LogP contribution in [0.15, 0.2) is 0 Å². The summed E-state index contributed by atoms with van der Waals surface area (Å²) in [6, 6.07) is -1.07.